The minimum absolute atomic E-state index is 0.478. The van der Waals surface area contributed by atoms with Gasteiger partial charge in [0.05, 0.1) is 11.0 Å². The second-order valence-corrected chi connectivity index (χ2v) is 3.31. The van der Waals surface area contributed by atoms with E-state index in [2.05, 4.69) is 15.3 Å². The summed E-state index contributed by atoms with van der Waals surface area (Å²) in [6.45, 7) is 1.56. The second-order valence-electron chi connectivity index (χ2n) is 3.31. The number of rotatable bonds is 3. The first-order chi connectivity index (χ1) is 7.16. The fourth-order valence-corrected chi connectivity index (χ4v) is 1.29. The van der Waals surface area contributed by atoms with Crippen LogP contribution in [0.1, 0.15) is 6.92 Å². The number of aromatic amines is 1. The highest BCUT2D eigenvalue weighted by atomic mass is 16.4. The molecule has 5 nitrogen and oxygen atoms in total. The highest BCUT2D eigenvalue weighted by Gasteiger charge is 2.11. The molecule has 0 amide bonds. The third kappa shape index (κ3) is 1.90. The minimum atomic E-state index is -0.907. The van der Waals surface area contributed by atoms with Gasteiger partial charge in [0.25, 0.3) is 0 Å². The first-order valence-electron chi connectivity index (χ1n) is 4.61. The molecule has 0 radical (unpaired) electrons. The van der Waals surface area contributed by atoms with Crippen LogP contribution < -0.4 is 5.32 Å². The molecule has 0 spiro atoms. The number of benzene rings is 1. The van der Waals surface area contributed by atoms with Crippen molar-refractivity contribution < 1.29 is 9.90 Å². The van der Waals surface area contributed by atoms with Gasteiger partial charge in [-0.1, -0.05) is 12.1 Å². The second kappa shape index (κ2) is 3.61. The van der Waals surface area contributed by atoms with E-state index in [0.717, 1.165) is 11.0 Å². The number of hydrogen-bond acceptors (Lipinski definition) is 3. The molecule has 0 saturated carbocycles. The van der Waals surface area contributed by atoms with Crippen molar-refractivity contribution in [3.8, 4) is 0 Å². The summed E-state index contributed by atoms with van der Waals surface area (Å²) in [6, 6.07) is 6.87. The predicted octanol–water partition coefficient (Wildman–Crippen LogP) is 1.45. The Morgan fingerprint density at radius 1 is 1.53 bits per heavy atom. The maximum Gasteiger partial charge on any atom is 0.325 e. The van der Waals surface area contributed by atoms with Gasteiger partial charge >= 0.3 is 5.97 Å². The van der Waals surface area contributed by atoms with Gasteiger partial charge < -0.3 is 15.4 Å². The smallest absolute Gasteiger partial charge is 0.325 e. The van der Waals surface area contributed by atoms with Gasteiger partial charge in [0, 0.05) is 0 Å². The number of imidazole rings is 1. The zero-order valence-electron chi connectivity index (χ0n) is 8.19. The van der Waals surface area contributed by atoms with Crippen LogP contribution in [0.15, 0.2) is 24.3 Å². The van der Waals surface area contributed by atoms with E-state index in [0.29, 0.717) is 5.95 Å². The van der Waals surface area contributed by atoms with Gasteiger partial charge in [-0.25, -0.2) is 4.98 Å². The fourth-order valence-electron chi connectivity index (χ4n) is 1.29. The lowest BCUT2D eigenvalue weighted by atomic mass is 10.3. The highest BCUT2D eigenvalue weighted by molar-refractivity contribution is 5.79. The van der Waals surface area contributed by atoms with Crippen LogP contribution in [-0.4, -0.2) is 27.1 Å². The van der Waals surface area contributed by atoms with Crippen molar-refractivity contribution in [2.24, 2.45) is 0 Å². The van der Waals surface area contributed by atoms with Gasteiger partial charge in [-0.3, -0.25) is 4.79 Å². The number of para-hydroxylation sites is 2. The molecule has 2 aromatic rings. The zero-order valence-corrected chi connectivity index (χ0v) is 8.19. The van der Waals surface area contributed by atoms with Crippen molar-refractivity contribution in [3.05, 3.63) is 24.3 Å². The SMILES string of the molecule is C[C@@H](Nc1nc2ccccc2[nH]1)C(=O)O. The van der Waals surface area contributed by atoms with Crippen LogP contribution in [0, 0.1) is 0 Å². The van der Waals surface area contributed by atoms with E-state index in [1.165, 1.54) is 0 Å². The van der Waals surface area contributed by atoms with Gasteiger partial charge in [0.2, 0.25) is 5.95 Å². The number of nitrogens with one attached hydrogen (secondary N) is 2. The Hall–Kier alpha value is -2.04. The van der Waals surface area contributed by atoms with Crippen LogP contribution in [0.3, 0.4) is 0 Å². The minimum Gasteiger partial charge on any atom is -0.480 e. The number of aliphatic carboxylic acids is 1. The summed E-state index contributed by atoms with van der Waals surface area (Å²) in [6.07, 6.45) is 0. The Morgan fingerprint density at radius 3 is 2.93 bits per heavy atom. The first kappa shape index (κ1) is 9.51. The Bertz CT molecular complexity index is 459. The van der Waals surface area contributed by atoms with Crippen molar-refractivity contribution >= 4 is 23.0 Å². The maximum atomic E-state index is 10.6. The summed E-state index contributed by atoms with van der Waals surface area (Å²) in [5.41, 5.74) is 1.70. The molecule has 0 aliphatic rings. The average molecular weight is 205 g/mol. The molecule has 1 aromatic carbocycles. The normalized spacial score (nSPS) is 12.6. The summed E-state index contributed by atoms with van der Waals surface area (Å²) in [7, 11) is 0. The highest BCUT2D eigenvalue weighted by Crippen LogP contribution is 2.13. The molecule has 5 heteroatoms. The van der Waals surface area contributed by atoms with Gasteiger partial charge in [-0.05, 0) is 19.1 Å². The summed E-state index contributed by atoms with van der Waals surface area (Å²) < 4.78 is 0. The molecule has 1 aromatic heterocycles. The number of H-pyrrole nitrogens is 1. The van der Waals surface area contributed by atoms with Crippen molar-refractivity contribution in [3.63, 3.8) is 0 Å². The first-order valence-corrected chi connectivity index (χ1v) is 4.61. The number of aromatic nitrogens is 2. The molecule has 0 unspecified atom stereocenters. The largest absolute Gasteiger partial charge is 0.480 e. The van der Waals surface area contributed by atoms with E-state index >= 15 is 0 Å². The standard InChI is InChI=1S/C10H11N3O2/c1-6(9(14)15)11-10-12-7-4-2-3-5-8(7)13-10/h2-6H,1H3,(H,14,15)(H2,11,12,13)/t6-/m1/s1. The molecule has 0 saturated heterocycles. The van der Waals surface area contributed by atoms with E-state index in [4.69, 9.17) is 5.11 Å². The molecule has 2 rings (SSSR count). The molecule has 0 aliphatic heterocycles. The molecule has 0 fully saturated rings. The number of anilines is 1. The Kier molecular flexibility index (Phi) is 2.29. The molecular formula is C10H11N3O2. The van der Waals surface area contributed by atoms with Crippen molar-refractivity contribution in [2.45, 2.75) is 13.0 Å². The van der Waals surface area contributed by atoms with E-state index in [1.54, 1.807) is 6.92 Å². The maximum absolute atomic E-state index is 10.6. The summed E-state index contributed by atoms with van der Waals surface area (Å²) in [4.78, 5) is 17.8. The number of fused-ring (bicyclic) bond motifs is 1. The Morgan fingerprint density at radius 2 is 2.27 bits per heavy atom. The molecule has 0 aliphatic carbocycles. The van der Waals surface area contributed by atoms with E-state index in [9.17, 15) is 4.79 Å². The lowest BCUT2D eigenvalue weighted by molar-refractivity contribution is -0.137. The quantitative estimate of drug-likeness (QED) is 0.708. The molecule has 15 heavy (non-hydrogen) atoms. The number of carboxylic acids is 1. The Balaban J connectivity index is 2.26. The predicted molar refractivity (Wildman–Crippen MR) is 56.8 cm³/mol. The summed E-state index contributed by atoms with van der Waals surface area (Å²) in [5.74, 6) is -0.429. The van der Waals surface area contributed by atoms with Gasteiger partial charge in [0.1, 0.15) is 6.04 Å². The van der Waals surface area contributed by atoms with Gasteiger partial charge in [-0.2, -0.15) is 0 Å². The third-order valence-electron chi connectivity index (χ3n) is 2.11. The number of carboxylic acid groups (broad SMARTS) is 1. The van der Waals surface area contributed by atoms with Crippen LogP contribution in [-0.2, 0) is 4.79 Å². The van der Waals surface area contributed by atoms with Crippen molar-refractivity contribution in [1.29, 1.82) is 0 Å². The summed E-state index contributed by atoms with van der Waals surface area (Å²) in [5, 5.41) is 11.5. The fraction of sp³-hybridized carbons (Fsp3) is 0.200. The monoisotopic (exact) mass is 205 g/mol. The van der Waals surface area contributed by atoms with Crippen molar-refractivity contribution in [1.82, 2.24) is 9.97 Å². The topological polar surface area (TPSA) is 78.0 Å². The van der Waals surface area contributed by atoms with E-state index in [-0.39, 0.29) is 0 Å². The number of nitrogens with zero attached hydrogens (tertiary/aromatic N) is 1. The lowest BCUT2D eigenvalue weighted by Gasteiger charge is -2.06. The van der Waals surface area contributed by atoms with E-state index < -0.39 is 12.0 Å². The molecule has 1 heterocycles. The van der Waals surface area contributed by atoms with Crippen LogP contribution in [0.2, 0.25) is 0 Å². The molecular weight excluding hydrogens is 194 g/mol. The molecule has 78 valence electrons. The Labute approximate surface area is 86.1 Å². The number of hydrogen-bond donors (Lipinski definition) is 3. The lowest BCUT2D eigenvalue weighted by Crippen LogP contribution is -2.25. The van der Waals surface area contributed by atoms with Crippen LogP contribution in [0.25, 0.3) is 11.0 Å². The van der Waals surface area contributed by atoms with Crippen LogP contribution >= 0.6 is 0 Å². The van der Waals surface area contributed by atoms with Gasteiger partial charge in [-0.15, -0.1) is 0 Å². The summed E-state index contributed by atoms with van der Waals surface area (Å²) >= 11 is 0. The van der Waals surface area contributed by atoms with Crippen molar-refractivity contribution in [2.75, 3.05) is 5.32 Å². The third-order valence-corrected chi connectivity index (χ3v) is 2.11. The number of carbonyl (C=O) groups is 1. The van der Waals surface area contributed by atoms with E-state index in [1.807, 2.05) is 24.3 Å². The average Bonchev–Trinajstić information content (AvgIpc) is 2.59. The van der Waals surface area contributed by atoms with Gasteiger partial charge in [0.15, 0.2) is 0 Å². The molecule has 0 bridgehead atoms. The van der Waals surface area contributed by atoms with Crippen LogP contribution in [0.4, 0.5) is 5.95 Å². The molecule has 3 N–H and O–H groups in total. The zero-order chi connectivity index (χ0) is 10.8. The van der Waals surface area contributed by atoms with Crippen LogP contribution in [0.5, 0.6) is 0 Å². The molecule has 1 atom stereocenters.